The molecule has 0 amide bonds. The Balaban J connectivity index is 1.54. The van der Waals surface area contributed by atoms with Crippen LogP contribution in [0.4, 0.5) is 14.5 Å². The number of fused-ring (bicyclic) bond motifs is 1. The van der Waals surface area contributed by atoms with Gasteiger partial charge in [0, 0.05) is 30.9 Å². The quantitative estimate of drug-likeness (QED) is 0.763. The topological polar surface area (TPSA) is 73.9 Å². The Labute approximate surface area is 167 Å². The van der Waals surface area contributed by atoms with Crippen molar-refractivity contribution in [1.29, 1.82) is 0 Å². The zero-order valence-electron chi connectivity index (χ0n) is 15.6. The maximum atomic E-state index is 12.7. The van der Waals surface area contributed by atoms with Crippen LogP contribution in [0.1, 0.15) is 18.4 Å². The van der Waals surface area contributed by atoms with E-state index in [4.69, 9.17) is 14.2 Å². The first-order valence-electron chi connectivity index (χ1n) is 9.25. The highest BCUT2D eigenvalue weighted by Crippen LogP contribution is 2.41. The molecule has 0 radical (unpaired) electrons. The van der Waals surface area contributed by atoms with Crippen LogP contribution in [0, 0.1) is 0 Å². The van der Waals surface area contributed by atoms with Crippen LogP contribution in [0.25, 0.3) is 0 Å². The van der Waals surface area contributed by atoms with Crippen molar-refractivity contribution >= 4 is 15.5 Å². The Bertz CT molecular complexity index is 973. The van der Waals surface area contributed by atoms with E-state index in [-0.39, 0.29) is 12.2 Å². The van der Waals surface area contributed by atoms with E-state index in [0.29, 0.717) is 25.4 Å². The zero-order valence-corrected chi connectivity index (χ0v) is 16.4. The molecule has 1 saturated heterocycles. The van der Waals surface area contributed by atoms with Crippen molar-refractivity contribution in [3.05, 3.63) is 48.0 Å². The summed E-state index contributed by atoms with van der Waals surface area (Å²) in [5, 5.41) is 3.32. The number of ether oxygens (including phenoxy) is 3. The highest BCUT2D eigenvalue weighted by atomic mass is 32.2. The van der Waals surface area contributed by atoms with Gasteiger partial charge in [0.15, 0.2) is 11.5 Å². The van der Waals surface area contributed by atoms with Gasteiger partial charge < -0.3 is 19.5 Å². The second-order valence-electron chi connectivity index (χ2n) is 7.14. The summed E-state index contributed by atoms with van der Waals surface area (Å²) < 4.78 is 65.0. The summed E-state index contributed by atoms with van der Waals surface area (Å²) in [5.74, 6) is -1.99. The van der Waals surface area contributed by atoms with Crippen molar-refractivity contribution < 1.29 is 31.4 Å². The molecule has 4 rings (SSSR count). The van der Waals surface area contributed by atoms with Crippen LogP contribution in [0.2, 0.25) is 0 Å². The molecular weight excluding hydrogens is 404 g/mol. The average molecular weight is 425 g/mol. The molecule has 0 unspecified atom stereocenters. The second kappa shape index (κ2) is 7.79. The summed E-state index contributed by atoms with van der Waals surface area (Å²) >= 11 is 0. The van der Waals surface area contributed by atoms with Gasteiger partial charge in [0.1, 0.15) is 0 Å². The normalized spacial score (nSPS) is 18.0. The molecular formula is C20H21F2NO5S. The molecule has 1 fully saturated rings. The fourth-order valence-corrected chi connectivity index (χ4v) is 4.41. The molecule has 156 valence electrons. The lowest BCUT2D eigenvalue weighted by Gasteiger charge is -2.38. The molecule has 0 bridgehead atoms. The molecule has 0 spiro atoms. The molecule has 2 aliphatic heterocycles. The second-order valence-corrected chi connectivity index (χ2v) is 9.06. The number of halogens is 2. The van der Waals surface area contributed by atoms with Gasteiger partial charge in [-0.25, -0.2) is 8.42 Å². The molecule has 0 aliphatic carbocycles. The van der Waals surface area contributed by atoms with Gasteiger partial charge in [0.25, 0.3) is 0 Å². The Morgan fingerprint density at radius 2 is 1.69 bits per heavy atom. The van der Waals surface area contributed by atoms with E-state index in [1.54, 1.807) is 0 Å². The maximum absolute atomic E-state index is 12.7. The van der Waals surface area contributed by atoms with Crippen molar-refractivity contribution in [2.75, 3.05) is 31.9 Å². The number of nitrogens with one attached hydrogen (secondary N) is 1. The van der Waals surface area contributed by atoms with Gasteiger partial charge in [-0.15, -0.1) is 0 Å². The molecule has 0 saturated carbocycles. The number of hydrogen-bond acceptors (Lipinski definition) is 6. The zero-order chi connectivity index (χ0) is 20.5. The molecule has 0 aromatic heterocycles. The fraction of sp³-hybridized carbons (Fsp3) is 0.400. The SMILES string of the molecule is O=S(=O)(c1ccc(NCC2(c3ccc4c(c3)OCO4)CCOCC2)cc1)C(F)F. The van der Waals surface area contributed by atoms with Gasteiger partial charge in [0.2, 0.25) is 16.6 Å². The Hall–Kier alpha value is -2.39. The monoisotopic (exact) mass is 425 g/mol. The summed E-state index contributed by atoms with van der Waals surface area (Å²) in [7, 11) is -4.59. The van der Waals surface area contributed by atoms with Crippen molar-refractivity contribution in [2.45, 2.75) is 28.9 Å². The number of rotatable bonds is 6. The minimum atomic E-state index is -4.59. The molecule has 2 aliphatic rings. The van der Waals surface area contributed by atoms with E-state index < -0.39 is 20.5 Å². The summed E-state index contributed by atoms with van der Waals surface area (Å²) in [6.45, 7) is 2.04. The maximum Gasteiger partial charge on any atom is 0.341 e. The number of benzene rings is 2. The summed E-state index contributed by atoms with van der Waals surface area (Å²) in [6.07, 6.45) is 1.61. The van der Waals surface area contributed by atoms with Gasteiger partial charge in [-0.1, -0.05) is 6.07 Å². The van der Waals surface area contributed by atoms with Crippen LogP contribution in [-0.2, 0) is 20.0 Å². The van der Waals surface area contributed by atoms with E-state index in [9.17, 15) is 17.2 Å². The number of anilines is 1. The molecule has 29 heavy (non-hydrogen) atoms. The third kappa shape index (κ3) is 3.89. The lowest BCUT2D eigenvalue weighted by molar-refractivity contribution is 0.0543. The van der Waals surface area contributed by atoms with Gasteiger partial charge >= 0.3 is 5.76 Å². The van der Waals surface area contributed by atoms with Crippen molar-refractivity contribution in [1.82, 2.24) is 0 Å². The minimum Gasteiger partial charge on any atom is -0.454 e. The van der Waals surface area contributed by atoms with Crippen LogP contribution in [-0.4, -0.2) is 40.7 Å². The summed E-state index contributed by atoms with van der Waals surface area (Å²) in [6, 6.07) is 11.3. The Morgan fingerprint density at radius 1 is 1.00 bits per heavy atom. The average Bonchev–Trinajstić information content (AvgIpc) is 3.21. The standard InChI is InChI=1S/C20H21F2NO5S/c21-19(22)29(24,25)16-4-2-15(3-5-16)23-12-20(7-9-26-10-8-20)14-1-6-17-18(11-14)28-13-27-17/h1-6,11,19,23H,7-10,12-13H2. The third-order valence-corrected chi connectivity index (χ3v) is 6.88. The summed E-state index contributed by atoms with van der Waals surface area (Å²) in [4.78, 5) is -0.394. The van der Waals surface area contributed by atoms with E-state index >= 15 is 0 Å². The van der Waals surface area contributed by atoms with Crippen LogP contribution in [0.5, 0.6) is 11.5 Å². The molecule has 6 nitrogen and oxygen atoms in total. The lowest BCUT2D eigenvalue weighted by atomic mass is 9.74. The van der Waals surface area contributed by atoms with Crippen molar-refractivity contribution in [3.8, 4) is 11.5 Å². The molecule has 1 N–H and O–H groups in total. The smallest absolute Gasteiger partial charge is 0.341 e. The number of sulfone groups is 1. The first-order chi connectivity index (χ1) is 13.9. The van der Waals surface area contributed by atoms with Crippen molar-refractivity contribution in [3.63, 3.8) is 0 Å². The molecule has 2 aromatic carbocycles. The van der Waals surface area contributed by atoms with Crippen LogP contribution in [0.15, 0.2) is 47.4 Å². The first-order valence-corrected chi connectivity index (χ1v) is 10.8. The minimum absolute atomic E-state index is 0.201. The van der Waals surface area contributed by atoms with Gasteiger partial charge in [0.05, 0.1) is 4.90 Å². The Morgan fingerprint density at radius 3 is 2.38 bits per heavy atom. The number of alkyl halides is 2. The van der Waals surface area contributed by atoms with Gasteiger partial charge in [-0.2, -0.15) is 8.78 Å². The van der Waals surface area contributed by atoms with Gasteiger partial charge in [-0.3, -0.25) is 0 Å². The fourth-order valence-electron chi connectivity index (χ4n) is 3.69. The van der Waals surface area contributed by atoms with Crippen LogP contribution in [0.3, 0.4) is 0 Å². The number of hydrogen-bond donors (Lipinski definition) is 1. The predicted molar refractivity (Wildman–Crippen MR) is 102 cm³/mol. The molecule has 9 heteroatoms. The van der Waals surface area contributed by atoms with Crippen molar-refractivity contribution in [2.24, 2.45) is 0 Å². The highest BCUT2D eigenvalue weighted by Gasteiger charge is 2.35. The van der Waals surface area contributed by atoms with E-state index in [1.807, 2.05) is 18.2 Å². The molecule has 2 aromatic rings. The largest absolute Gasteiger partial charge is 0.454 e. The van der Waals surface area contributed by atoms with E-state index in [2.05, 4.69) is 5.32 Å². The molecule has 0 atom stereocenters. The van der Waals surface area contributed by atoms with Crippen LogP contribution < -0.4 is 14.8 Å². The highest BCUT2D eigenvalue weighted by molar-refractivity contribution is 7.91. The van der Waals surface area contributed by atoms with Gasteiger partial charge in [-0.05, 0) is 54.8 Å². The first kappa shape index (κ1) is 19.9. The Kier molecular flexibility index (Phi) is 5.35. The van der Waals surface area contributed by atoms with E-state index in [1.165, 1.54) is 24.3 Å². The van der Waals surface area contributed by atoms with Crippen LogP contribution >= 0.6 is 0 Å². The predicted octanol–water partition coefficient (Wildman–Crippen LogP) is 3.57. The third-order valence-electron chi connectivity index (χ3n) is 5.48. The summed E-state index contributed by atoms with van der Waals surface area (Å²) in [5.41, 5.74) is 1.56. The molecule has 2 heterocycles. The van der Waals surface area contributed by atoms with E-state index in [0.717, 1.165) is 29.9 Å². The lowest BCUT2D eigenvalue weighted by Crippen LogP contribution is -2.40.